The molecule has 2 aromatic heterocycles. The zero-order valence-electron chi connectivity index (χ0n) is 14.1. The van der Waals surface area contributed by atoms with E-state index in [9.17, 15) is 4.79 Å². The number of aliphatic imine (C=N–C) groups is 1. The molecule has 2 aromatic rings. The van der Waals surface area contributed by atoms with Crippen molar-refractivity contribution in [3.8, 4) is 11.8 Å². The van der Waals surface area contributed by atoms with Gasteiger partial charge in [0.05, 0.1) is 17.9 Å². The first-order chi connectivity index (χ1) is 12.2. The quantitative estimate of drug-likeness (QED) is 0.697. The summed E-state index contributed by atoms with van der Waals surface area (Å²) in [4.78, 5) is 27.8. The number of nitrogens with zero attached hydrogens (tertiary/aromatic N) is 4. The second-order valence-corrected chi connectivity index (χ2v) is 6.53. The van der Waals surface area contributed by atoms with Crippen LogP contribution in [0.15, 0.2) is 41.7 Å². The van der Waals surface area contributed by atoms with Crippen molar-refractivity contribution < 1.29 is 4.79 Å². The Balaban J connectivity index is 1.66. The summed E-state index contributed by atoms with van der Waals surface area (Å²) in [5.41, 5.74) is 3.14. The number of Topliss-reactive ketones (excluding diaryl/α,β-unsaturated/α-hetero) is 1. The summed E-state index contributed by atoms with van der Waals surface area (Å²) in [6.07, 6.45) is 5.05. The Morgan fingerprint density at radius 2 is 2.16 bits per heavy atom. The summed E-state index contributed by atoms with van der Waals surface area (Å²) in [5, 5.41) is 0. The van der Waals surface area contributed by atoms with Crippen LogP contribution in [0, 0.1) is 17.8 Å². The fraction of sp³-hybridized carbons (Fsp3) is 0.300. The van der Waals surface area contributed by atoms with E-state index in [1.165, 1.54) is 0 Å². The van der Waals surface area contributed by atoms with E-state index in [1.54, 1.807) is 12.4 Å². The monoisotopic (exact) mass is 330 g/mol. The maximum atomic E-state index is 12.4. The van der Waals surface area contributed by atoms with Crippen molar-refractivity contribution in [1.29, 1.82) is 0 Å². The van der Waals surface area contributed by atoms with E-state index in [4.69, 9.17) is 0 Å². The maximum absolute atomic E-state index is 12.4. The van der Waals surface area contributed by atoms with Gasteiger partial charge < -0.3 is 4.90 Å². The van der Waals surface area contributed by atoms with Crippen LogP contribution >= 0.6 is 0 Å². The number of ketones is 1. The Morgan fingerprint density at radius 1 is 1.24 bits per heavy atom. The van der Waals surface area contributed by atoms with Gasteiger partial charge in [0.15, 0.2) is 11.6 Å². The van der Waals surface area contributed by atoms with Crippen LogP contribution in [0.2, 0.25) is 0 Å². The number of aromatic nitrogens is 2. The predicted molar refractivity (Wildman–Crippen MR) is 95.4 cm³/mol. The lowest BCUT2D eigenvalue weighted by Crippen LogP contribution is -2.37. The summed E-state index contributed by atoms with van der Waals surface area (Å²) >= 11 is 0. The van der Waals surface area contributed by atoms with Crippen molar-refractivity contribution in [2.45, 2.75) is 26.3 Å². The zero-order chi connectivity index (χ0) is 17.2. The second-order valence-electron chi connectivity index (χ2n) is 6.53. The van der Waals surface area contributed by atoms with E-state index < -0.39 is 0 Å². The number of carbonyl (C=O) groups excluding carboxylic acids is 1. The smallest absolute Gasteiger partial charge is 0.198 e. The number of amidine groups is 1. The van der Waals surface area contributed by atoms with Crippen molar-refractivity contribution in [2.75, 3.05) is 6.54 Å². The highest BCUT2D eigenvalue weighted by Crippen LogP contribution is 2.28. The average Bonchev–Trinajstić information content (AvgIpc) is 2.77. The maximum Gasteiger partial charge on any atom is 0.198 e. The zero-order valence-corrected chi connectivity index (χ0v) is 14.1. The molecular weight excluding hydrogens is 312 g/mol. The minimum Gasteiger partial charge on any atom is -0.348 e. The van der Waals surface area contributed by atoms with Crippen molar-refractivity contribution in [2.24, 2.45) is 10.9 Å². The summed E-state index contributed by atoms with van der Waals surface area (Å²) < 4.78 is 0. The lowest BCUT2D eigenvalue weighted by molar-refractivity contribution is -0.114. The molecule has 2 aliphatic heterocycles. The normalized spacial score (nSPS) is 19.1. The van der Waals surface area contributed by atoms with Crippen LogP contribution < -0.4 is 0 Å². The van der Waals surface area contributed by atoms with Crippen LogP contribution in [-0.2, 0) is 11.3 Å². The van der Waals surface area contributed by atoms with Crippen molar-refractivity contribution >= 4 is 17.3 Å². The second kappa shape index (κ2) is 6.48. The van der Waals surface area contributed by atoms with Gasteiger partial charge in [-0.05, 0) is 36.5 Å². The van der Waals surface area contributed by atoms with E-state index in [1.807, 2.05) is 24.3 Å². The standard InChI is InChI=1S/C20H18N4O/c1-14-7-9-24-13-18-17(23-20(24)19(25)10-14)11-15(12-22-18)5-6-16-4-2-3-8-21-16/h2-4,8,11-12,14H,7,9-10,13H2,1H3. The third-order valence-electron chi connectivity index (χ3n) is 4.49. The van der Waals surface area contributed by atoms with Gasteiger partial charge in [-0.3, -0.25) is 9.78 Å². The molecule has 0 aliphatic carbocycles. The third kappa shape index (κ3) is 3.29. The van der Waals surface area contributed by atoms with Crippen molar-refractivity contribution in [3.05, 3.63) is 53.6 Å². The molecule has 1 atom stereocenters. The van der Waals surface area contributed by atoms with Crippen molar-refractivity contribution in [1.82, 2.24) is 14.9 Å². The van der Waals surface area contributed by atoms with Crippen LogP contribution in [0.3, 0.4) is 0 Å². The molecule has 4 rings (SSSR count). The van der Waals surface area contributed by atoms with Gasteiger partial charge in [-0.15, -0.1) is 0 Å². The summed E-state index contributed by atoms with van der Waals surface area (Å²) in [5.74, 6) is 7.20. The average molecular weight is 330 g/mol. The van der Waals surface area contributed by atoms with Gasteiger partial charge in [0.25, 0.3) is 0 Å². The molecule has 0 N–H and O–H groups in total. The Labute approximate surface area is 146 Å². The molecule has 5 heteroatoms. The van der Waals surface area contributed by atoms with Gasteiger partial charge in [-0.25, -0.2) is 9.98 Å². The predicted octanol–water partition coefficient (Wildman–Crippen LogP) is 2.72. The van der Waals surface area contributed by atoms with Gasteiger partial charge in [0.2, 0.25) is 0 Å². The molecule has 0 amide bonds. The van der Waals surface area contributed by atoms with E-state index in [2.05, 4.69) is 38.6 Å². The lowest BCUT2D eigenvalue weighted by atomic mass is 10.0. The molecular formula is C20H18N4O. The molecule has 124 valence electrons. The summed E-state index contributed by atoms with van der Waals surface area (Å²) in [6.45, 7) is 3.61. The van der Waals surface area contributed by atoms with Crippen LogP contribution in [0.4, 0.5) is 5.69 Å². The van der Waals surface area contributed by atoms with E-state index in [-0.39, 0.29) is 5.78 Å². The first kappa shape index (κ1) is 15.5. The Kier molecular flexibility index (Phi) is 4.02. The van der Waals surface area contributed by atoms with Crippen molar-refractivity contribution in [3.63, 3.8) is 0 Å². The number of pyridine rings is 2. The molecule has 1 fully saturated rings. The van der Waals surface area contributed by atoms with Gasteiger partial charge >= 0.3 is 0 Å². The minimum atomic E-state index is 0.126. The Morgan fingerprint density at radius 3 is 3.00 bits per heavy atom. The van der Waals surface area contributed by atoms with Crippen LogP contribution in [-0.4, -0.2) is 33.0 Å². The van der Waals surface area contributed by atoms with E-state index in [0.29, 0.717) is 30.4 Å². The highest BCUT2D eigenvalue weighted by molar-refractivity contribution is 6.39. The van der Waals surface area contributed by atoms with Gasteiger partial charge in [-0.1, -0.05) is 18.9 Å². The highest BCUT2D eigenvalue weighted by Gasteiger charge is 2.29. The van der Waals surface area contributed by atoms with Gasteiger partial charge in [0.1, 0.15) is 5.69 Å². The Hall–Kier alpha value is -3.00. The molecule has 4 heterocycles. The number of carbonyl (C=O) groups is 1. The van der Waals surface area contributed by atoms with E-state index >= 15 is 0 Å². The van der Waals surface area contributed by atoms with E-state index in [0.717, 1.165) is 29.9 Å². The molecule has 25 heavy (non-hydrogen) atoms. The Bertz CT molecular complexity index is 908. The first-order valence-corrected chi connectivity index (χ1v) is 8.48. The largest absolute Gasteiger partial charge is 0.348 e. The van der Waals surface area contributed by atoms with Crippen LogP contribution in [0.1, 0.15) is 36.7 Å². The number of hydrogen-bond donors (Lipinski definition) is 0. The molecule has 0 aromatic carbocycles. The number of hydrogen-bond acceptors (Lipinski definition) is 5. The fourth-order valence-electron chi connectivity index (χ4n) is 3.09. The molecule has 0 saturated carbocycles. The van der Waals surface area contributed by atoms with Crippen LogP contribution in [0.25, 0.3) is 0 Å². The summed E-state index contributed by atoms with van der Waals surface area (Å²) in [6, 6.07) is 7.53. The van der Waals surface area contributed by atoms with Gasteiger partial charge in [0, 0.05) is 30.9 Å². The summed E-state index contributed by atoms with van der Waals surface area (Å²) in [7, 11) is 0. The third-order valence-corrected chi connectivity index (χ3v) is 4.49. The highest BCUT2D eigenvalue weighted by atomic mass is 16.1. The molecule has 2 aliphatic rings. The molecule has 1 saturated heterocycles. The molecule has 5 nitrogen and oxygen atoms in total. The van der Waals surface area contributed by atoms with Crippen LogP contribution in [0.5, 0.6) is 0 Å². The molecule has 1 unspecified atom stereocenters. The lowest BCUT2D eigenvalue weighted by Gasteiger charge is -2.27. The number of rotatable bonds is 0. The molecule has 0 radical (unpaired) electrons. The van der Waals surface area contributed by atoms with Gasteiger partial charge in [-0.2, -0.15) is 0 Å². The molecule has 0 spiro atoms. The topological polar surface area (TPSA) is 58.5 Å². The first-order valence-electron chi connectivity index (χ1n) is 8.48. The SMILES string of the molecule is CC1CCN2Cc3ncc(C#Cc4ccccn4)cc3N=C2C(=O)C1. The fourth-order valence-corrected chi connectivity index (χ4v) is 3.09. The molecule has 0 bridgehead atoms. The minimum absolute atomic E-state index is 0.126. The number of fused-ring (bicyclic) bond motifs is 2.